The van der Waals surface area contributed by atoms with E-state index >= 15 is 0 Å². The van der Waals surface area contributed by atoms with E-state index < -0.39 is 0 Å². The Morgan fingerprint density at radius 3 is 2.81 bits per heavy atom. The Morgan fingerprint density at radius 2 is 2.25 bits per heavy atom. The molecular formula is C13H17ClFN. The summed E-state index contributed by atoms with van der Waals surface area (Å²) < 4.78 is 13.8. The van der Waals surface area contributed by atoms with Gasteiger partial charge in [-0.15, -0.1) is 0 Å². The summed E-state index contributed by atoms with van der Waals surface area (Å²) in [7, 11) is 0. The molecule has 1 aromatic carbocycles. The van der Waals surface area contributed by atoms with Crippen LogP contribution in [-0.4, -0.2) is 6.54 Å². The molecule has 0 heterocycles. The van der Waals surface area contributed by atoms with Crippen molar-refractivity contribution in [1.29, 1.82) is 0 Å². The maximum absolute atomic E-state index is 13.8. The predicted octanol–water partition coefficient (Wildman–Crippen LogP) is 3.93. The normalized spacial score (nSPS) is 17.4. The van der Waals surface area contributed by atoms with Crippen molar-refractivity contribution in [2.75, 3.05) is 6.54 Å². The third-order valence-electron chi connectivity index (χ3n) is 3.02. The lowest BCUT2D eigenvalue weighted by molar-refractivity contribution is 0.458. The lowest BCUT2D eigenvalue weighted by Crippen LogP contribution is -2.25. The SMILES string of the molecule is CCCNC(c1c(F)cccc1Cl)C1CC1. The Labute approximate surface area is 101 Å². The van der Waals surface area contributed by atoms with Gasteiger partial charge in [0.25, 0.3) is 0 Å². The molecule has 1 nitrogen and oxygen atoms in total. The zero-order chi connectivity index (χ0) is 11.5. The van der Waals surface area contributed by atoms with E-state index in [4.69, 9.17) is 11.6 Å². The number of hydrogen-bond donors (Lipinski definition) is 1. The highest BCUT2D eigenvalue weighted by molar-refractivity contribution is 6.31. The van der Waals surface area contributed by atoms with Gasteiger partial charge in [-0.05, 0) is 43.9 Å². The molecule has 3 heteroatoms. The van der Waals surface area contributed by atoms with E-state index in [0.29, 0.717) is 16.5 Å². The van der Waals surface area contributed by atoms with E-state index in [1.54, 1.807) is 12.1 Å². The van der Waals surface area contributed by atoms with Crippen LogP contribution in [0.25, 0.3) is 0 Å². The molecule has 0 aromatic heterocycles. The summed E-state index contributed by atoms with van der Waals surface area (Å²) in [5.41, 5.74) is 0.653. The molecule has 1 atom stereocenters. The summed E-state index contributed by atoms with van der Waals surface area (Å²) in [6.07, 6.45) is 3.40. The highest BCUT2D eigenvalue weighted by atomic mass is 35.5. The molecule has 0 bridgehead atoms. The second kappa shape index (κ2) is 5.15. The van der Waals surface area contributed by atoms with Gasteiger partial charge in [0.05, 0.1) is 0 Å². The van der Waals surface area contributed by atoms with Gasteiger partial charge in [-0.2, -0.15) is 0 Å². The zero-order valence-corrected chi connectivity index (χ0v) is 10.2. The van der Waals surface area contributed by atoms with Crippen molar-refractivity contribution in [3.05, 3.63) is 34.6 Å². The molecule has 16 heavy (non-hydrogen) atoms. The number of rotatable bonds is 5. The monoisotopic (exact) mass is 241 g/mol. The summed E-state index contributed by atoms with van der Waals surface area (Å²) in [5.74, 6) is 0.369. The first-order valence-electron chi connectivity index (χ1n) is 5.91. The van der Waals surface area contributed by atoms with Crippen molar-refractivity contribution < 1.29 is 4.39 Å². The second-order valence-corrected chi connectivity index (χ2v) is 4.81. The summed E-state index contributed by atoms with van der Waals surface area (Å²) in [4.78, 5) is 0. The minimum absolute atomic E-state index is 0.0913. The van der Waals surface area contributed by atoms with Gasteiger partial charge in [0.2, 0.25) is 0 Å². The van der Waals surface area contributed by atoms with Crippen LogP contribution in [0, 0.1) is 11.7 Å². The van der Waals surface area contributed by atoms with Crippen molar-refractivity contribution in [1.82, 2.24) is 5.32 Å². The van der Waals surface area contributed by atoms with Crippen LogP contribution in [0.1, 0.15) is 37.8 Å². The molecular weight excluding hydrogens is 225 g/mol. The fourth-order valence-corrected chi connectivity index (χ4v) is 2.32. The standard InChI is InChI=1S/C13H17ClFN/c1-2-8-16-13(9-6-7-9)12-10(14)4-3-5-11(12)15/h3-5,9,13,16H,2,6-8H2,1H3. The average Bonchev–Trinajstić information content (AvgIpc) is 3.06. The Balaban J connectivity index is 2.23. The highest BCUT2D eigenvalue weighted by Crippen LogP contribution is 2.43. The Bertz CT molecular complexity index is 343. The molecule has 1 unspecified atom stereocenters. The number of hydrogen-bond acceptors (Lipinski definition) is 1. The van der Waals surface area contributed by atoms with E-state index in [-0.39, 0.29) is 11.9 Å². The van der Waals surface area contributed by atoms with Crippen LogP contribution in [0.15, 0.2) is 18.2 Å². The van der Waals surface area contributed by atoms with Gasteiger partial charge in [-0.1, -0.05) is 24.6 Å². The molecule has 0 spiro atoms. The fourth-order valence-electron chi connectivity index (χ4n) is 2.04. The van der Waals surface area contributed by atoms with Crippen LogP contribution in [0.5, 0.6) is 0 Å². The van der Waals surface area contributed by atoms with Crippen molar-refractivity contribution >= 4 is 11.6 Å². The van der Waals surface area contributed by atoms with Gasteiger partial charge in [0.15, 0.2) is 0 Å². The lowest BCUT2D eigenvalue weighted by Gasteiger charge is -2.20. The Morgan fingerprint density at radius 1 is 1.50 bits per heavy atom. The number of benzene rings is 1. The van der Waals surface area contributed by atoms with E-state index in [0.717, 1.165) is 13.0 Å². The third kappa shape index (κ3) is 2.55. The molecule has 1 aliphatic rings. The van der Waals surface area contributed by atoms with Gasteiger partial charge >= 0.3 is 0 Å². The quantitative estimate of drug-likeness (QED) is 0.824. The molecule has 88 valence electrons. The predicted molar refractivity (Wildman–Crippen MR) is 65.2 cm³/mol. The molecule has 0 radical (unpaired) electrons. The molecule has 0 aliphatic heterocycles. The van der Waals surface area contributed by atoms with Crippen LogP contribution in [0.2, 0.25) is 5.02 Å². The van der Waals surface area contributed by atoms with Crippen LogP contribution < -0.4 is 5.32 Å². The first-order chi connectivity index (χ1) is 7.74. The molecule has 1 fully saturated rings. The largest absolute Gasteiger partial charge is 0.310 e. The van der Waals surface area contributed by atoms with E-state index in [1.807, 2.05) is 0 Å². The van der Waals surface area contributed by atoms with E-state index in [9.17, 15) is 4.39 Å². The van der Waals surface area contributed by atoms with Crippen LogP contribution in [-0.2, 0) is 0 Å². The van der Waals surface area contributed by atoms with Crippen LogP contribution in [0.4, 0.5) is 4.39 Å². The van der Waals surface area contributed by atoms with Gasteiger partial charge < -0.3 is 5.32 Å². The van der Waals surface area contributed by atoms with Crippen molar-refractivity contribution in [3.8, 4) is 0 Å². The lowest BCUT2D eigenvalue weighted by atomic mass is 10.0. The fraction of sp³-hybridized carbons (Fsp3) is 0.538. The maximum atomic E-state index is 13.8. The minimum atomic E-state index is -0.187. The second-order valence-electron chi connectivity index (χ2n) is 4.40. The van der Waals surface area contributed by atoms with Crippen LogP contribution >= 0.6 is 11.6 Å². The van der Waals surface area contributed by atoms with Gasteiger partial charge in [-0.25, -0.2) is 4.39 Å². The van der Waals surface area contributed by atoms with Crippen LogP contribution in [0.3, 0.4) is 0 Å². The van der Waals surface area contributed by atoms with Gasteiger partial charge in [-0.3, -0.25) is 0 Å². The zero-order valence-electron chi connectivity index (χ0n) is 9.47. The molecule has 1 saturated carbocycles. The Kier molecular flexibility index (Phi) is 3.82. The van der Waals surface area contributed by atoms with E-state index in [2.05, 4.69) is 12.2 Å². The summed E-state index contributed by atoms with van der Waals surface area (Å²) in [5, 5.41) is 3.95. The number of nitrogens with one attached hydrogen (secondary N) is 1. The van der Waals surface area contributed by atoms with Crippen molar-refractivity contribution in [2.45, 2.75) is 32.2 Å². The molecule has 1 N–H and O–H groups in total. The first-order valence-corrected chi connectivity index (χ1v) is 6.29. The summed E-state index contributed by atoms with van der Waals surface area (Å²) in [6.45, 7) is 3.02. The van der Waals surface area contributed by atoms with Crippen molar-refractivity contribution in [2.24, 2.45) is 5.92 Å². The summed E-state index contributed by atoms with van der Waals surface area (Å²) in [6, 6.07) is 5.01. The number of halogens is 2. The molecule has 1 aromatic rings. The molecule has 0 saturated heterocycles. The van der Waals surface area contributed by atoms with E-state index in [1.165, 1.54) is 18.9 Å². The highest BCUT2D eigenvalue weighted by Gasteiger charge is 2.34. The molecule has 2 rings (SSSR count). The molecule has 1 aliphatic carbocycles. The first kappa shape index (κ1) is 11.9. The molecule has 0 amide bonds. The average molecular weight is 242 g/mol. The minimum Gasteiger partial charge on any atom is -0.310 e. The summed E-state index contributed by atoms with van der Waals surface area (Å²) >= 11 is 6.10. The topological polar surface area (TPSA) is 12.0 Å². The van der Waals surface area contributed by atoms with Gasteiger partial charge in [0.1, 0.15) is 5.82 Å². The van der Waals surface area contributed by atoms with Gasteiger partial charge in [0, 0.05) is 16.6 Å². The van der Waals surface area contributed by atoms with Crippen molar-refractivity contribution in [3.63, 3.8) is 0 Å². The third-order valence-corrected chi connectivity index (χ3v) is 3.35. The maximum Gasteiger partial charge on any atom is 0.129 e. The smallest absolute Gasteiger partial charge is 0.129 e. The Hall–Kier alpha value is -0.600.